The average molecular weight is 235 g/mol. The molecule has 1 aliphatic rings. The molecule has 94 valence electrons. The zero-order chi connectivity index (χ0) is 12.3. The fourth-order valence-electron chi connectivity index (χ4n) is 2.51. The van der Waals surface area contributed by atoms with Crippen LogP contribution in [-0.4, -0.2) is 37.7 Å². The Balaban J connectivity index is 1.87. The molecule has 0 amide bonds. The van der Waals surface area contributed by atoms with E-state index in [1.54, 1.807) is 0 Å². The minimum Gasteiger partial charge on any atom is -0.399 e. The van der Waals surface area contributed by atoms with Crippen LogP contribution in [0.1, 0.15) is 12.8 Å². The van der Waals surface area contributed by atoms with Crippen molar-refractivity contribution in [3.05, 3.63) is 18.2 Å². The summed E-state index contributed by atoms with van der Waals surface area (Å²) in [7, 11) is 2.33. The van der Waals surface area contributed by atoms with Crippen LogP contribution in [0.5, 0.6) is 0 Å². The van der Waals surface area contributed by atoms with E-state index < -0.39 is 0 Å². The zero-order valence-corrected chi connectivity index (χ0v) is 10.6. The van der Waals surface area contributed by atoms with Crippen LogP contribution >= 0.6 is 0 Å². The smallest absolute Gasteiger partial charge is 0.0960 e. The summed E-state index contributed by atoms with van der Waals surface area (Å²) < 4.78 is 1.18. The van der Waals surface area contributed by atoms with Crippen molar-refractivity contribution in [1.82, 2.24) is 0 Å². The molecule has 5 N–H and O–H groups in total. The number of anilines is 3. The van der Waals surface area contributed by atoms with Gasteiger partial charge in [0.2, 0.25) is 0 Å². The first kappa shape index (κ1) is 12.0. The molecule has 1 heterocycles. The predicted octanol–water partition coefficient (Wildman–Crippen LogP) is 1.50. The summed E-state index contributed by atoms with van der Waals surface area (Å²) in [6.45, 7) is 4.70. The molecule has 1 aliphatic heterocycles. The average Bonchev–Trinajstić information content (AvgIpc) is 2.71. The third kappa shape index (κ3) is 3.03. The number of benzene rings is 1. The molecule has 1 saturated heterocycles. The van der Waals surface area contributed by atoms with Gasteiger partial charge in [-0.2, -0.15) is 0 Å². The van der Waals surface area contributed by atoms with Crippen molar-refractivity contribution < 1.29 is 4.48 Å². The van der Waals surface area contributed by atoms with Crippen molar-refractivity contribution in [2.75, 3.05) is 50.0 Å². The summed E-state index contributed by atoms with van der Waals surface area (Å²) in [5.41, 5.74) is 14.1. The standard InChI is InChI=1S/C13H23N4/c1-17(7-2-3-8-17)9-6-16-13-10-11(14)4-5-12(13)15/h4-5,10,16H,2-3,6-9,14-15H2,1H3/q+1. The van der Waals surface area contributed by atoms with Gasteiger partial charge in [-0.3, -0.25) is 0 Å². The molecule has 0 aliphatic carbocycles. The van der Waals surface area contributed by atoms with Gasteiger partial charge in [-0.1, -0.05) is 0 Å². The first-order chi connectivity index (χ1) is 8.09. The fraction of sp³-hybridized carbons (Fsp3) is 0.538. The maximum absolute atomic E-state index is 5.89. The topological polar surface area (TPSA) is 64.1 Å². The number of nitrogens with zero attached hydrogens (tertiary/aromatic N) is 1. The second-order valence-corrected chi connectivity index (χ2v) is 5.27. The SMILES string of the molecule is C[N+]1(CCNc2cc(N)ccc2N)CCCC1. The molecule has 4 heteroatoms. The minimum atomic E-state index is 0.753. The van der Waals surface area contributed by atoms with Crippen molar-refractivity contribution in [1.29, 1.82) is 0 Å². The highest BCUT2D eigenvalue weighted by Crippen LogP contribution is 2.21. The number of nitrogen functional groups attached to an aromatic ring is 2. The molecule has 0 atom stereocenters. The first-order valence-electron chi connectivity index (χ1n) is 6.31. The van der Waals surface area contributed by atoms with Gasteiger partial charge in [0.05, 0.1) is 44.6 Å². The molecule has 0 spiro atoms. The monoisotopic (exact) mass is 235 g/mol. The Labute approximate surface area is 103 Å². The Morgan fingerprint density at radius 3 is 2.65 bits per heavy atom. The van der Waals surface area contributed by atoms with Crippen LogP contribution in [0.15, 0.2) is 18.2 Å². The maximum Gasteiger partial charge on any atom is 0.0960 e. The summed E-state index contributed by atoms with van der Waals surface area (Å²) in [6.07, 6.45) is 2.72. The molecular weight excluding hydrogens is 212 g/mol. The summed E-state index contributed by atoms with van der Waals surface area (Å²) in [5.74, 6) is 0. The van der Waals surface area contributed by atoms with Crippen molar-refractivity contribution >= 4 is 17.1 Å². The lowest BCUT2D eigenvalue weighted by Crippen LogP contribution is -2.44. The van der Waals surface area contributed by atoms with E-state index in [9.17, 15) is 0 Å². The van der Waals surface area contributed by atoms with Crippen LogP contribution in [0.2, 0.25) is 0 Å². The first-order valence-corrected chi connectivity index (χ1v) is 6.31. The molecule has 2 rings (SSSR count). The number of rotatable bonds is 4. The molecule has 0 aromatic heterocycles. The van der Waals surface area contributed by atoms with E-state index in [1.807, 2.05) is 18.2 Å². The molecule has 0 radical (unpaired) electrons. The quantitative estimate of drug-likeness (QED) is 0.547. The number of nitrogens with one attached hydrogen (secondary N) is 1. The second-order valence-electron chi connectivity index (χ2n) is 5.27. The van der Waals surface area contributed by atoms with Gasteiger partial charge in [0.1, 0.15) is 0 Å². The van der Waals surface area contributed by atoms with Gasteiger partial charge < -0.3 is 21.3 Å². The van der Waals surface area contributed by atoms with Crippen molar-refractivity contribution in [3.8, 4) is 0 Å². The van der Waals surface area contributed by atoms with E-state index in [1.165, 1.54) is 30.4 Å². The molecule has 0 unspecified atom stereocenters. The number of likely N-dealkylation sites (tertiary alicyclic amines) is 1. The molecule has 0 bridgehead atoms. The minimum absolute atomic E-state index is 0.753. The van der Waals surface area contributed by atoms with Crippen LogP contribution in [0.3, 0.4) is 0 Å². The number of likely N-dealkylation sites (N-methyl/N-ethyl adjacent to an activating group) is 1. The van der Waals surface area contributed by atoms with Crippen molar-refractivity contribution in [2.24, 2.45) is 0 Å². The summed E-state index contributed by atoms with van der Waals surface area (Å²) in [6, 6.07) is 5.58. The van der Waals surface area contributed by atoms with Crippen LogP contribution < -0.4 is 16.8 Å². The summed E-state index contributed by atoms with van der Waals surface area (Å²) in [4.78, 5) is 0. The van der Waals surface area contributed by atoms with E-state index in [0.717, 1.165) is 30.2 Å². The molecule has 4 nitrogen and oxygen atoms in total. The number of hydrogen-bond acceptors (Lipinski definition) is 3. The van der Waals surface area contributed by atoms with Gasteiger partial charge in [0.15, 0.2) is 0 Å². The Kier molecular flexibility index (Phi) is 3.43. The normalized spacial score (nSPS) is 18.2. The van der Waals surface area contributed by atoms with Crippen LogP contribution in [-0.2, 0) is 0 Å². The Hall–Kier alpha value is -1.42. The van der Waals surface area contributed by atoms with Crippen LogP contribution in [0, 0.1) is 0 Å². The summed E-state index contributed by atoms with van der Waals surface area (Å²) in [5, 5.41) is 3.39. The van der Waals surface area contributed by atoms with Gasteiger partial charge in [0.25, 0.3) is 0 Å². The highest BCUT2D eigenvalue weighted by molar-refractivity contribution is 5.70. The van der Waals surface area contributed by atoms with E-state index >= 15 is 0 Å². The van der Waals surface area contributed by atoms with Gasteiger partial charge in [-0.05, 0) is 18.2 Å². The van der Waals surface area contributed by atoms with E-state index in [2.05, 4.69) is 12.4 Å². The lowest BCUT2D eigenvalue weighted by molar-refractivity contribution is -0.895. The molecule has 1 aromatic carbocycles. The van der Waals surface area contributed by atoms with Gasteiger partial charge in [-0.15, -0.1) is 0 Å². The lowest BCUT2D eigenvalue weighted by Gasteiger charge is -2.29. The number of hydrogen-bond donors (Lipinski definition) is 3. The van der Waals surface area contributed by atoms with Crippen molar-refractivity contribution in [3.63, 3.8) is 0 Å². The van der Waals surface area contributed by atoms with E-state index in [4.69, 9.17) is 11.5 Å². The number of nitrogens with two attached hydrogens (primary N) is 2. The predicted molar refractivity (Wildman–Crippen MR) is 73.8 cm³/mol. The highest BCUT2D eigenvalue weighted by atomic mass is 15.3. The highest BCUT2D eigenvalue weighted by Gasteiger charge is 2.25. The van der Waals surface area contributed by atoms with Crippen LogP contribution in [0.4, 0.5) is 17.1 Å². The molecule has 17 heavy (non-hydrogen) atoms. The van der Waals surface area contributed by atoms with Gasteiger partial charge in [-0.25, -0.2) is 0 Å². The Morgan fingerprint density at radius 2 is 1.94 bits per heavy atom. The largest absolute Gasteiger partial charge is 0.399 e. The van der Waals surface area contributed by atoms with Gasteiger partial charge in [0, 0.05) is 18.5 Å². The van der Waals surface area contributed by atoms with E-state index in [0.29, 0.717) is 0 Å². The second kappa shape index (κ2) is 4.84. The van der Waals surface area contributed by atoms with Crippen LogP contribution in [0.25, 0.3) is 0 Å². The molecular formula is C13H23N4+. The maximum atomic E-state index is 5.89. The molecule has 0 saturated carbocycles. The van der Waals surface area contributed by atoms with Crippen molar-refractivity contribution in [2.45, 2.75) is 12.8 Å². The third-order valence-electron chi connectivity index (χ3n) is 3.69. The Morgan fingerprint density at radius 1 is 1.24 bits per heavy atom. The Bertz CT molecular complexity index is 383. The zero-order valence-electron chi connectivity index (χ0n) is 10.6. The van der Waals surface area contributed by atoms with E-state index in [-0.39, 0.29) is 0 Å². The molecule has 1 fully saturated rings. The lowest BCUT2D eigenvalue weighted by atomic mass is 10.2. The van der Waals surface area contributed by atoms with Gasteiger partial charge >= 0.3 is 0 Å². The number of quaternary nitrogens is 1. The third-order valence-corrected chi connectivity index (χ3v) is 3.69. The molecule has 1 aromatic rings. The summed E-state index contributed by atoms with van der Waals surface area (Å²) >= 11 is 0. The fourth-order valence-corrected chi connectivity index (χ4v) is 2.51.